The average Bonchev–Trinajstić information content (AvgIpc) is 2.46. The molecule has 0 aromatic heterocycles. The zero-order valence-corrected chi connectivity index (χ0v) is 14.5. The fraction of sp³-hybridized carbons (Fsp3) is 0.200. The minimum Gasteiger partial charge on any atom is -0.306 e. The van der Waals surface area contributed by atoms with Crippen LogP contribution in [0.2, 0.25) is 0 Å². The molecule has 0 bridgehead atoms. The van der Waals surface area contributed by atoms with Gasteiger partial charge in [-0.25, -0.2) is 0 Å². The Bertz CT molecular complexity index is 662. The van der Waals surface area contributed by atoms with E-state index in [-0.39, 0.29) is 11.7 Å². The van der Waals surface area contributed by atoms with E-state index in [1.165, 1.54) is 17.7 Å². The summed E-state index contributed by atoms with van der Waals surface area (Å²) in [5.74, 6) is 0. The minimum atomic E-state index is -0.397. The lowest BCUT2D eigenvalue weighted by Crippen LogP contribution is -2.18. The standard InChI is InChI=1S/C15H14Br2N2O2/c1-10(13-4-2-3-5-14(13)16)18-9-11-6-7-12(19(20)21)8-15(11)17/h2-8,10,18H,9H2,1H3/t10-/m1/s1. The van der Waals surface area contributed by atoms with Crippen LogP contribution in [-0.2, 0) is 6.54 Å². The summed E-state index contributed by atoms with van der Waals surface area (Å²) in [4.78, 5) is 10.3. The third kappa shape index (κ3) is 4.12. The van der Waals surface area contributed by atoms with Crippen LogP contribution >= 0.6 is 31.9 Å². The Morgan fingerprint density at radius 2 is 1.90 bits per heavy atom. The molecule has 0 radical (unpaired) electrons. The molecule has 2 aromatic carbocycles. The molecule has 0 saturated carbocycles. The van der Waals surface area contributed by atoms with Crippen molar-refractivity contribution in [2.75, 3.05) is 0 Å². The normalized spacial score (nSPS) is 12.1. The summed E-state index contributed by atoms with van der Waals surface area (Å²) in [6, 6.07) is 13.0. The largest absolute Gasteiger partial charge is 0.306 e. The van der Waals surface area contributed by atoms with Crippen LogP contribution in [0, 0.1) is 10.1 Å². The van der Waals surface area contributed by atoms with Crippen molar-refractivity contribution < 1.29 is 4.92 Å². The van der Waals surface area contributed by atoms with Gasteiger partial charge in [0.1, 0.15) is 0 Å². The van der Waals surface area contributed by atoms with E-state index < -0.39 is 4.92 Å². The van der Waals surface area contributed by atoms with Crippen molar-refractivity contribution in [3.63, 3.8) is 0 Å². The lowest BCUT2D eigenvalue weighted by molar-refractivity contribution is -0.384. The van der Waals surface area contributed by atoms with Crippen LogP contribution < -0.4 is 5.32 Å². The number of rotatable bonds is 5. The van der Waals surface area contributed by atoms with Crippen LogP contribution in [0.4, 0.5) is 5.69 Å². The molecular weight excluding hydrogens is 400 g/mol. The van der Waals surface area contributed by atoms with Gasteiger partial charge in [0.05, 0.1) is 4.92 Å². The van der Waals surface area contributed by atoms with E-state index in [2.05, 4.69) is 50.2 Å². The van der Waals surface area contributed by atoms with Crippen molar-refractivity contribution in [3.8, 4) is 0 Å². The van der Waals surface area contributed by atoms with Crippen molar-refractivity contribution in [3.05, 3.63) is 72.7 Å². The summed E-state index contributed by atoms with van der Waals surface area (Å²) in [6.07, 6.45) is 0. The molecule has 0 unspecified atom stereocenters. The van der Waals surface area contributed by atoms with Gasteiger partial charge in [0.2, 0.25) is 0 Å². The van der Waals surface area contributed by atoms with Gasteiger partial charge >= 0.3 is 0 Å². The van der Waals surface area contributed by atoms with Crippen molar-refractivity contribution in [2.45, 2.75) is 19.5 Å². The fourth-order valence-electron chi connectivity index (χ4n) is 1.99. The monoisotopic (exact) mass is 412 g/mol. The number of nitrogens with zero attached hydrogens (tertiary/aromatic N) is 1. The second-order valence-electron chi connectivity index (χ2n) is 4.66. The minimum absolute atomic E-state index is 0.0875. The number of nitro groups is 1. The topological polar surface area (TPSA) is 55.2 Å². The molecule has 1 N–H and O–H groups in total. The highest BCUT2D eigenvalue weighted by Gasteiger charge is 2.11. The maximum absolute atomic E-state index is 10.7. The van der Waals surface area contributed by atoms with Crippen LogP contribution in [0.1, 0.15) is 24.1 Å². The van der Waals surface area contributed by atoms with Gasteiger partial charge in [0, 0.05) is 33.7 Å². The van der Waals surface area contributed by atoms with E-state index in [9.17, 15) is 10.1 Å². The molecule has 0 aliphatic rings. The van der Waals surface area contributed by atoms with Crippen LogP contribution in [0.5, 0.6) is 0 Å². The molecule has 0 aliphatic carbocycles. The summed E-state index contributed by atoms with van der Waals surface area (Å²) >= 11 is 6.92. The van der Waals surface area contributed by atoms with Gasteiger partial charge < -0.3 is 5.32 Å². The van der Waals surface area contributed by atoms with Crippen LogP contribution in [0.15, 0.2) is 51.4 Å². The molecule has 110 valence electrons. The highest BCUT2D eigenvalue weighted by molar-refractivity contribution is 9.10. The van der Waals surface area contributed by atoms with E-state index in [4.69, 9.17) is 0 Å². The first-order valence-corrected chi connectivity index (χ1v) is 7.98. The molecule has 1 atom stereocenters. The predicted molar refractivity (Wildman–Crippen MR) is 90.2 cm³/mol. The molecule has 6 heteroatoms. The summed E-state index contributed by atoms with van der Waals surface area (Å²) in [5.41, 5.74) is 2.25. The summed E-state index contributed by atoms with van der Waals surface area (Å²) in [7, 11) is 0. The second-order valence-corrected chi connectivity index (χ2v) is 6.37. The molecule has 0 heterocycles. The van der Waals surface area contributed by atoms with E-state index >= 15 is 0 Å². The van der Waals surface area contributed by atoms with Gasteiger partial charge in [-0.3, -0.25) is 10.1 Å². The highest BCUT2D eigenvalue weighted by Crippen LogP contribution is 2.25. The summed E-state index contributed by atoms with van der Waals surface area (Å²) < 4.78 is 1.80. The average molecular weight is 414 g/mol. The number of benzene rings is 2. The van der Waals surface area contributed by atoms with E-state index in [0.717, 1.165) is 14.5 Å². The molecule has 0 spiro atoms. The van der Waals surface area contributed by atoms with Crippen LogP contribution in [0.25, 0.3) is 0 Å². The molecule has 0 fully saturated rings. The Morgan fingerprint density at radius 1 is 1.19 bits per heavy atom. The molecule has 0 saturated heterocycles. The van der Waals surface area contributed by atoms with Crippen molar-refractivity contribution in [1.82, 2.24) is 5.32 Å². The zero-order valence-electron chi connectivity index (χ0n) is 11.3. The molecule has 21 heavy (non-hydrogen) atoms. The van der Waals surface area contributed by atoms with Gasteiger partial charge in [-0.05, 0) is 30.2 Å². The van der Waals surface area contributed by atoms with Crippen LogP contribution in [-0.4, -0.2) is 4.92 Å². The number of hydrogen-bond acceptors (Lipinski definition) is 3. The lowest BCUT2D eigenvalue weighted by atomic mass is 10.1. The van der Waals surface area contributed by atoms with Crippen molar-refractivity contribution in [2.24, 2.45) is 0 Å². The first kappa shape index (κ1) is 16.1. The SMILES string of the molecule is C[C@@H](NCc1ccc([N+](=O)[O-])cc1Br)c1ccccc1Br. The molecule has 2 aromatic rings. The van der Waals surface area contributed by atoms with E-state index in [1.807, 2.05) is 18.2 Å². The second kappa shape index (κ2) is 7.15. The Kier molecular flexibility index (Phi) is 5.50. The van der Waals surface area contributed by atoms with Gasteiger partial charge in [0.25, 0.3) is 5.69 Å². The van der Waals surface area contributed by atoms with E-state index in [0.29, 0.717) is 6.54 Å². The first-order valence-electron chi connectivity index (χ1n) is 6.39. The van der Waals surface area contributed by atoms with Gasteiger partial charge in [-0.2, -0.15) is 0 Å². The quantitative estimate of drug-likeness (QED) is 0.556. The number of non-ortho nitro benzene ring substituents is 1. The van der Waals surface area contributed by atoms with Gasteiger partial charge in [0.15, 0.2) is 0 Å². The number of nitrogens with one attached hydrogen (secondary N) is 1. The van der Waals surface area contributed by atoms with Gasteiger partial charge in [-0.15, -0.1) is 0 Å². The molecule has 0 amide bonds. The van der Waals surface area contributed by atoms with Gasteiger partial charge in [-0.1, -0.05) is 50.1 Å². The van der Waals surface area contributed by atoms with Crippen molar-refractivity contribution in [1.29, 1.82) is 0 Å². The third-order valence-corrected chi connectivity index (χ3v) is 4.68. The fourth-order valence-corrected chi connectivity index (χ4v) is 3.13. The Balaban J connectivity index is 2.06. The first-order chi connectivity index (χ1) is 9.99. The molecule has 2 rings (SSSR count). The Labute approximate surface area is 140 Å². The number of halogens is 2. The Morgan fingerprint density at radius 3 is 2.52 bits per heavy atom. The number of hydrogen-bond donors (Lipinski definition) is 1. The van der Waals surface area contributed by atoms with Crippen molar-refractivity contribution >= 4 is 37.5 Å². The van der Waals surface area contributed by atoms with Crippen LogP contribution in [0.3, 0.4) is 0 Å². The summed E-state index contributed by atoms with van der Waals surface area (Å²) in [5, 5.41) is 14.1. The maximum atomic E-state index is 10.7. The Hall–Kier alpha value is -1.24. The molecule has 4 nitrogen and oxygen atoms in total. The maximum Gasteiger partial charge on any atom is 0.270 e. The highest BCUT2D eigenvalue weighted by atomic mass is 79.9. The number of nitro benzene ring substituents is 1. The molecular formula is C15H14Br2N2O2. The predicted octanol–water partition coefficient (Wildman–Crippen LogP) is 4.97. The smallest absolute Gasteiger partial charge is 0.270 e. The van der Waals surface area contributed by atoms with E-state index in [1.54, 1.807) is 6.07 Å². The molecule has 0 aliphatic heterocycles. The lowest BCUT2D eigenvalue weighted by Gasteiger charge is -2.16. The summed E-state index contributed by atoms with van der Waals surface area (Å²) in [6.45, 7) is 2.71. The third-order valence-electron chi connectivity index (χ3n) is 3.22. The zero-order chi connectivity index (χ0) is 15.4.